The van der Waals surface area contributed by atoms with Crippen LogP contribution in [0.25, 0.3) is 73.1 Å². The van der Waals surface area contributed by atoms with E-state index in [4.69, 9.17) is 15.0 Å². The quantitative estimate of drug-likeness (QED) is 0.189. The molecule has 47 heavy (non-hydrogen) atoms. The third-order valence-electron chi connectivity index (χ3n) is 8.46. The first-order chi connectivity index (χ1) is 23.1. The van der Waals surface area contributed by atoms with Crippen molar-refractivity contribution >= 4 is 11.0 Å². The molecule has 6 aromatic carbocycles. The van der Waals surface area contributed by atoms with E-state index in [9.17, 15) is 4.79 Å². The SMILES string of the molecule is Cn1c(=O)n(-c2ccccc2)c2cc(-c3ccc(-c4ccc(-c5nc(-c6ccccc6)nc(-c6ccccc6)n5)cc4)cc3)ccc21. The van der Waals surface area contributed by atoms with E-state index in [0.717, 1.165) is 55.7 Å². The fourth-order valence-corrected chi connectivity index (χ4v) is 5.95. The lowest BCUT2D eigenvalue weighted by Gasteiger charge is -2.09. The van der Waals surface area contributed by atoms with E-state index in [1.807, 2.05) is 104 Å². The molecule has 0 aliphatic carbocycles. The van der Waals surface area contributed by atoms with Gasteiger partial charge in [-0.1, -0.05) is 133 Å². The Balaban J connectivity index is 1.11. The number of imidazole rings is 1. The highest BCUT2D eigenvalue weighted by Crippen LogP contribution is 2.30. The lowest BCUT2D eigenvalue weighted by molar-refractivity contribution is 0.846. The first-order valence-corrected chi connectivity index (χ1v) is 15.5. The molecule has 0 bridgehead atoms. The van der Waals surface area contributed by atoms with Crippen molar-refractivity contribution < 1.29 is 0 Å². The molecule has 2 aromatic heterocycles. The average molecular weight is 608 g/mol. The van der Waals surface area contributed by atoms with E-state index in [2.05, 4.69) is 60.7 Å². The van der Waals surface area contributed by atoms with Gasteiger partial charge in [0.1, 0.15) is 0 Å². The molecule has 2 heterocycles. The van der Waals surface area contributed by atoms with Crippen LogP contribution in [0.5, 0.6) is 0 Å². The van der Waals surface area contributed by atoms with Crippen LogP contribution in [0, 0.1) is 0 Å². The second-order valence-electron chi connectivity index (χ2n) is 11.4. The molecule has 0 N–H and O–H groups in total. The molecule has 6 heteroatoms. The highest BCUT2D eigenvalue weighted by atomic mass is 16.1. The van der Waals surface area contributed by atoms with Crippen LogP contribution in [0.2, 0.25) is 0 Å². The molecule has 8 rings (SSSR count). The number of fused-ring (bicyclic) bond motifs is 1. The minimum absolute atomic E-state index is 0.0631. The van der Waals surface area contributed by atoms with E-state index in [0.29, 0.717) is 17.5 Å². The van der Waals surface area contributed by atoms with Gasteiger partial charge in [0.05, 0.1) is 16.7 Å². The third-order valence-corrected chi connectivity index (χ3v) is 8.46. The molecule has 0 saturated carbocycles. The maximum absolute atomic E-state index is 13.1. The van der Waals surface area contributed by atoms with Gasteiger partial charge in [-0.3, -0.25) is 9.13 Å². The van der Waals surface area contributed by atoms with Crippen molar-refractivity contribution in [3.63, 3.8) is 0 Å². The number of aromatic nitrogens is 5. The molecule has 0 aliphatic heterocycles. The topological polar surface area (TPSA) is 65.6 Å². The van der Waals surface area contributed by atoms with Crippen molar-refractivity contribution in [1.82, 2.24) is 24.1 Å². The largest absolute Gasteiger partial charge is 0.333 e. The van der Waals surface area contributed by atoms with Gasteiger partial charge in [0, 0.05) is 23.7 Å². The molecule has 0 atom stereocenters. The van der Waals surface area contributed by atoms with Gasteiger partial charge in [0.2, 0.25) is 0 Å². The smallest absolute Gasteiger partial charge is 0.295 e. The van der Waals surface area contributed by atoms with Crippen LogP contribution in [-0.2, 0) is 7.05 Å². The van der Waals surface area contributed by atoms with Crippen LogP contribution in [0.3, 0.4) is 0 Å². The highest BCUT2D eigenvalue weighted by molar-refractivity contribution is 5.84. The van der Waals surface area contributed by atoms with Crippen molar-refractivity contribution in [3.05, 3.63) is 168 Å². The summed E-state index contributed by atoms with van der Waals surface area (Å²) in [5.41, 5.74) is 9.70. The summed E-state index contributed by atoms with van der Waals surface area (Å²) in [5, 5.41) is 0. The molecule has 0 fully saturated rings. The minimum Gasteiger partial charge on any atom is -0.295 e. The van der Waals surface area contributed by atoms with Gasteiger partial charge in [0.15, 0.2) is 17.5 Å². The van der Waals surface area contributed by atoms with Crippen LogP contribution in [0.4, 0.5) is 0 Å². The molecule has 0 radical (unpaired) electrons. The molecule has 0 amide bonds. The average Bonchev–Trinajstić information content (AvgIpc) is 3.40. The second kappa shape index (κ2) is 11.8. The summed E-state index contributed by atoms with van der Waals surface area (Å²) in [4.78, 5) is 27.6. The van der Waals surface area contributed by atoms with Gasteiger partial charge in [-0.05, 0) is 46.5 Å². The van der Waals surface area contributed by atoms with Crippen LogP contribution in [0.1, 0.15) is 0 Å². The Kier molecular flexibility index (Phi) is 7.08. The maximum Gasteiger partial charge on any atom is 0.333 e. The lowest BCUT2D eigenvalue weighted by atomic mass is 9.99. The minimum atomic E-state index is -0.0631. The van der Waals surface area contributed by atoms with Gasteiger partial charge in [-0.25, -0.2) is 19.7 Å². The zero-order valence-corrected chi connectivity index (χ0v) is 25.7. The van der Waals surface area contributed by atoms with Crippen molar-refractivity contribution in [3.8, 4) is 62.1 Å². The van der Waals surface area contributed by atoms with Crippen LogP contribution < -0.4 is 5.69 Å². The highest BCUT2D eigenvalue weighted by Gasteiger charge is 2.15. The Hall–Kier alpha value is -6.40. The summed E-state index contributed by atoms with van der Waals surface area (Å²) in [6, 6.07) is 52.8. The van der Waals surface area contributed by atoms with E-state index in [1.54, 1.807) is 9.13 Å². The second-order valence-corrected chi connectivity index (χ2v) is 11.4. The van der Waals surface area contributed by atoms with Crippen LogP contribution in [0.15, 0.2) is 163 Å². The number of benzene rings is 6. The van der Waals surface area contributed by atoms with Gasteiger partial charge in [0.25, 0.3) is 0 Å². The predicted molar refractivity (Wildman–Crippen MR) is 189 cm³/mol. The summed E-state index contributed by atoms with van der Waals surface area (Å²) in [6.45, 7) is 0. The van der Waals surface area contributed by atoms with E-state index >= 15 is 0 Å². The Morgan fingerprint density at radius 1 is 0.404 bits per heavy atom. The predicted octanol–water partition coefficient (Wildman–Crippen LogP) is 8.85. The molecule has 0 aliphatic rings. The van der Waals surface area contributed by atoms with Gasteiger partial charge in [-0.15, -0.1) is 0 Å². The molecule has 224 valence electrons. The zero-order valence-electron chi connectivity index (χ0n) is 25.7. The van der Waals surface area contributed by atoms with E-state index in [-0.39, 0.29) is 5.69 Å². The lowest BCUT2D eigenvalue weighted by Crippen LogP contribution is -2.20. The number of rotatable bonds is 6. The number of hydrogen-bond acceptors (Lipinski definition) is 4. The summed E-state index contributed by atoms with van der Waals surface area (Å²) in [5.74, 6) is 1.91. The first kappa shape index (κ1) is 28.1. The van der Waals surface area contributed by atoms with Crippen molar-refractivity contribution in [2.24, 2.45) is 7.05 Å². The number of para-hydroxylation sites is 1. The Morgan fingerprint density at radius 3 is 1.28 bits per heavy atom. The summed E-state index contributed by atoms with van der Waals surface area (Å²) in [7, 11) is 1.81. The van der Waals surface area contributed by atoms with E-state index < -0.39 is 0 Å². The molecule has 0 saturated heterocycles. The Morgan fingerprint density at radius 2 is 0.787 bits per heavy atom. The molecule has 0 unspecified atom stereocenters. The molecular formula is C41H29N5O. The maximum atomic E-state index is 13.1. The molecule has 6 nitrogen and oxygen atoms in total. The van der Waals surface area contributed by atoms with Gasteiger partial charge >= 0.3 is 5.69 Å². The fraction of sp³-hybridized carbons (Fsp3) is 0.0244. The summed E-state index contributed by atoms with van der Waals surface area (Å²) < 4.78 is 3.47. The molecular weight excluding hydrogens is 578 g/mol. The van der Waals surface area contributed by atoms with Crippen LogP contribution >= 0.6 is 0 Å². The molecule has 0 spiro atoms. The Labute approximate surface area is 271 Å². The molecule has 8 aromatic rings. The van der Waals surface area contributed by atoms with Crippen LogP contribution in [-0.4, -0.2) is 24.1 Å². The fourth-order valence-electron chi connectivity index (χ4n) is 5.95. The van der Waals surface area contributed by atoms with Gasteiger partial charge in [-0.2, -0.15) is 0 Å². The standard InChI is InChI=1S/C41H29N5O/c1-45-36-26-25-34(27-37(36)46(41(45)47)35-15-9-4-10-16-35)30-19-17-28(18-20-30)29-21-23-33(24-22-29)40-43-38(31-11-5-2-6-12-31)42-39(44-40)32-13-7-3-8-14-32/h2-27H,1H3. The number of hydrogen-bond donors (Lipinski definition) is 0. The Bertz CT molecular complexity index is 2340. The van der Waals surface area contributed by atoms with E-state index in [1.165, 1.54) is 0 Å². The number of nitrogens with zero attached hydrogens (tertiary/aromatic N) is 5. The van der Waals surface area contributed by atoms with Crippen molar-refractivity contribution in [2.45, 2.75) is 0 Å². The first-order valence-electron chi connectivity index (χ1n) is 15.5. The zero-order chi connectivity index (χ0) is 31.7. The number of aryl methyl sites for hydroxylation is 1. The van der Waals surface area contributed by atoms with Crippen molar-refractivity contribution in [2.75, 3.05) is 0 Å². The normalized spacial score (nSPS) is 11.2. The van der Waals surface area contributed by atoms with Gasteiger partial charge < -0.3 is 0 Å². The summed E-state index contributed by atoms with van der Waals surface area (Å²) >= 11 is 0. The van der Waals surface area contributed by atoms with Crippen molar-refractivity contribution in [1.29, 1.82) is 0 Å². The monoisotopic (exact) mass is 607 g/mol. The summed E-state index contributed by atoms with van der Waals surface area (Å²) in [6.07, 6.45) is 0. The third kappa shape index (κ3) is 5.32.